The number of hydrogen-bond acceptors (Lipinski definition) is 1. The van der Waals surface area contributed by atoms with E-state index in [4.69, 9.17) is 0 Å². The van der Waals surface area contributed by atoms with E-state index in [1.807, 2.05) is 6.20 Å². The lowest BCUT2D eigenvalue weighted by Gasteiger charge is -2.30. The summed E-state index contributed by atoms with van der Waals surface area (Å²) in [6.07, 6.45) is 8.84. The van der Waals surface area contributed by atoms with Crippen LogP contribution in [0, 0.1) is 0 Å². The third kappa shape index (κ3) is 2.74. The monoisotopic (exact) mass is 463 g/mol. The van der Waals surface area contributed by atoms with E-state index in [9.17, 15) is 0 Å². The van der Waals surface area contributed by atoms with Crippen LogP contribution in [-0.2, 0) is 10.8 Å². The van der Waals surface area contributed by atoms with Gasteiger partial charge in [0, 0.05) is 28.6 Å². The van der Waals surface area contributed by atoms with Gasteiger partial charge in [-0.3, -0.25) is 4.98 Å². The van der Waals surface area contributed by atoms with Crippen molar-refractivity contribution in [2.45, 2.75) is 38.5 Å². The number of hydrogen-bond donors (Lipinski definition) is 0. The second kappa shape index (κ2) is 7.27. The van der Waals surface area contributed by atoms with E-state index in [1.54, 1.807) is 0 Å². The third-order valence-corrected chi connectivity index (χ3v) is 8.58. The second-order valence-corrected chi connectivity index (χ2v) is 11.3. The Bertz CT molecular complexity index is 1590. The highest BCUT2D eigenvalue weighted by Gasteiger charge is 2.38. The zero-order valence-electron chi connectivity index (χ0n) is 21.3. The predicted octanol–water partition coefficient (Wildman–Crippen LogP) is 9.05. The van der Waals surface area contributed by atoms with E-state index in [1.165, 1.54) is 66.1 Å². The van der Waals surface area contributed by atoms with Crippen LogP contribution in [0.3, 0.4) is 0 Å². The SMILES string of the molecule is CC1(C)C(c2c3ccccc3c(C3=Cc4ccccc4C3(C)C)c3cnccc23)=Cc2ccccc21. The summed E-state index contributed by atoms with van der Waals surface area (Å²) in [5.41, 5.74) is 10.6. The first-order valence-electron chi connectivity index (χ1n) is 12.8. The van der Waals surface area contributed by atoms with Crippen LogP contribution in [0.5, 0.6) is 0 Å². The van der Waals surface area contributed by atoms with Gasteiger partial charge >= 0.3 is 0 Å². The number of aromatic nitrogens is 1. The molecule has 174 valence electrons. The van der Waals surface area contributed by atoms with Crippen molar-refractivity contribution in [1.29, 1.82) is 0 Å². The molecule has 0 atom stereocenters. The average molecular weight is 464 g/mol. The van der Waals surface area contributed by atoms with Gasteiger partial charge in [-0.05, 0) is 78.9 Å². The summed E-state index contributed by atoms with van der Waals surface area (Å²) < 4.78 is 0. The van der Waals surface area contributed by atoms with Crippen molar-refractivity contribution < 1.29 is 0 Å². The van der Waals surface area contributed by atoms with Crippen LogP contribution < -0.4 is 0 Å². The molecule has 0 bridgehead atoms. The van der Waals surface area contributed by atoms with Crippen LogP contribution in [0.25, 0.3) is 44.8 Å². The molecule has 4 aromatic carbocycles. The summed E-state index contributed by atoms with van der Waals surface area (Å²) in [5.74, 6) is 0. The zero-order chi connectivity index (χ0) is 24.7. The quantitative estimate of drug-likeness (QED) is 0.238. The normalized spacial score (nSPS) is 17.1. The highest BCUT2D eigenvalue weighted by molar-refractivity contribution is 6.20. The molecule has 0 unspecified atom stereocenters. The Morgan fingerprint density at radius 1 is 0.500 bits per heavy atom. The molecule has 7 rings (SSSR count). The molecule has 0 radical (unpaired) electrons. The Morgan fingerprint density at radius 3 is 1.47 bits per heavy atom. The summed E-state index contributed by atoms with van der Waals surface area (Å²) in [7, 11) is 0. The van der Waals surface area contributed by atoms with E-state index >= 15 is 0 Å². The van der Waals surface area contributed by atoms with Gasteiger partial charge in [-0.25, -0.2) is 0 Å². The number of benzene rings is 4. The van der Waals surface area contributed by atoms with Crippen molar-refractivity contribution >= 4 is 44.8 Å². The first-order valence-corrected chi connectivity index (χ1v) is 12.8. The highest BCUT2D eigenvalue weighted by Crippen LogP contribution is 2.54. The molecule has 5 aromatic rings. The van der Waals surface area contributed by atoms with E-state index < -0.39 is 0 Å². The van der Waals surface area contributed by atoms with Crippen molar-refractivity contribution in [1.82, 2.24) is 4.98 Å². The fraction of sp³-hybridized carbons (Fsp3) is 0.171. The molecule has 2 aliphatic rings. The summed E-state index contributed by atoms with van der Waals surface area (Å²) in [6, 6.07) is 28.8. The lowest BCUT2D eigenvalue weighted by Crippen LogP contribution is -2.18. The van der Waals surface area contributed by atoms with Gasteiger partial charge in [0.25, 0.3) is 0 Å². The van der Waals surface area contributed by atoms with Gasteiger partial charge in [0.15, 0.2) is 0 Å². The van der Waals surface area contributed by atoms with Crippen LogP contribution in [0.2, 0.25) is 0 Å². The third-order valence-electron chi connectivity index (χ3n) is 8.58. The maximum atomic E-state index is 4.65. The maximum absolute atomic E-state index is 4.65. The molecule has 0 amide bonds. The molecule has 1 nitrogen and oxygen atoms in total. The van der Waals surface area contributed by atoms with Crippen molar-refractivity contribution in [2.24, 2.45) is 0 Å². The maximum Gasteiger partial charge on any atom is 0.0352 e. The Kier molecular flexibility index (Phi) is 4.31. The Labute approximate surface area is 212 Å². The molecule has 0 spiro atoms. The van der Waals surface area contributed by atoms with Crippen LogP contribution in [0.1, 0.15) is 61.1 Å². The smallest absolute Gasteiger partial charge is 0.0352 e. The average Bonchev–Trinajstić information content (AvgIpc) is 3.31. The molecule has 1 heteroatoms. The number of nitrogens with zero attached hydrogens (tertiary/aromatic N) is 1. The fourth-order valence-electron chi connectivity index (χ4n) is 6.72. The minimum atomic E-state index is -0.0915. The van der Waals surface area contributed by atoms with Crippen molar-refractivity contribution in [3.63, 3.8) is 0 Å². The van der Waals surface area contributed by atoms with Gasteiger partial charge in [0.1, 0.15) is 0 Å². The van der Waals surface area contributed by atoms with E-state index in [2.05, 4.69) is 130 Å². The first kappa shape index (κ1) is 21.3. The molecule has 0 saturated carbocycles. The number of pyridine rings is 1. The molecule has 0 aliphatic heterocycles. The minimum Gasteiger partial charge on any atom is -0.264 e. The van der Waals surface area contributed by atoms with Gasteiger partial charge < -0.3 is 0 Å². The molecular weight excluding hydrogens is 434 g/mol. The first-order chi connectivity index (χ1) is 17.4. The van der Waals surface area contributed by atoms with Gasteiger partial charge in [-0.2, -0.15) is 0 Å². The number of allylic oxidation sites excluding steroid dienone is 2. The van der Waals surface area contributed by atoms with Crippen LogP contribution >= 0.6 is 0 Å². The molecular formula is C35H29N. The number of fused-ring (bicyclic) bond motifs is 4. The molecule has 1 heterocycles. The second-order valence-electron chi connectivity index (χ2n) is 11.3. The molecule has 0 saturated heterocycles. The summed E-state index contributed by atoms with van der Waals surface area (Å²) in [5, 5.41) is 5.11. The number of rotatable bonds is 2. The van der Waals surface area contributed by atoms with Crippen LogP contribution in [0.15, 0.2) is 91.3 Å². The highest BCUT2D eigenvalue weighted by atomic mass is 14.6. The van der Waals surface area contributed by atoms with E-state index in [-0.39, 0.29) is 10.8 Å². The lowest BCUT2D eigenvalue weighted by atomic mass is 9.73. The minimum absolute atomic E-state index is 0.0841. The fourth-order valence-corrected chi connectivity index (χ4v) is 6.72. The molecule has 0 fully saturated rings. The van der Waals surface area contributed by atoms with E-state index in [0.29, 0.717) is 0 Å². The zero-order valence-corrected chi connectivity index (χ0v) is 21.3. The van der Waals surface area contributed by atoms with Crippen LogP contribution in [0.4, 0.5) is 0 Å². The Morgan fingerprint density at radius 2 is 0.944 bits per heavy atom. The Hall–Kier alpha value is -3.97. The summed E-state index contributed by atoms with van der Waals surface area (Å²) in [6.45, 7) is 9.43. The van der Waals surface area contributed by atoms with Crippen molar-refractivity contribution in [2.75, 3.05) is 0 Å². The molecule has 0 N–H and O–H groups in total. The van der Waals surface area contributed by atoms with Gasteiger partial charge in [0.05, 0.1) is 0 Å². The van der Waals surface area contributed by atoms with Gasteiger partial charge in [0.2, 0.25) is 0 Å². The van der Waals surface area contributed by atoms with Crippen molar-refractivity contribution in [3.8, 4) is 0 Å². The molecule has 1 aromatic heterocycles. The lowest BCUT2D eigenvalue weighted by molar-refractivity contribution is 0.704. The van der Waals surface area contributed by atoms with Gasteiger partial charge in [-0.1, -0.05) is 100 Å². The summed E-state index contributed by atoms with van der Waals surface area (Å²) in [4.78, 5) is 4.65. The predicted molar refractivity (Wildman–Crippen MR) is 154 cm³/mol. The van der Waals surface area contributed by atoms with E-state index in [0.717, 1.165) is 0 Å². The van der Waals surface area contributed by atoms with Crippen LogP contribution in [-0.4, -0.2) is 4.98 Å². The summed E-state index contributed by atoms with van der Waals surface area (Å²) >= 11 is 0. The molecule has 2 aliphatic carbocycles. The topological polar surface area (TPSA) is 12.9 Å². The Balaban J connectivity index is 1.59. The molecule has 36 heavy (non-hydrogen) atoms. The largest absolute Gasteiger partial charge is 0.264 e. The standard InChI is InChI=1S/C35H29N/c1-34(2)28-15-9-5-11-22(28)19-30(34)32-24-13-7-8-14-25(24)33(27-21-36-18-17-26(27)32)31-20-23-12-6-10-16-29(23)35(31,3)4/h5-21H,1-4H3. The van der Waals surface area contributed by atoms with Crippen molar-refractivity contribution in [3.05, 3.63) is 125 Å². The van der Waals surface area contributed by atoms with Gasteiger partial charge in [-0.15, -0.1) is 0 Å².